The second kappa shape index (κ2) is 6.18. The van der Waals surface area contributed by atoms with Crippen LogP contribution in [0.1, 0.15) is 21.5 Å². The van der Waals surface area contributed by atoms with Gasteiger partial charge in [0, 0.05) is 11.1 Å². The zero-order valence-electron chi connectivity index (χ0n) is 10.3. The van der Waals surface area contributed by atoms with E-state index >= 15 is 0 Å². The highest BCUT2D eigenvalue weighted by atomic mass is 35.5. The Morgan fingerprint density at radius 3 is 2.70 bits per heavy atom. The molecule has 0 bridgehead atoms. The van der Waals surface area contributed by atoms with Crippen LogP contribution in [-0.2, 0) is 6.61 Å². The van der Waals surface area contributed by atoms with Crippen molar-refractivity contribution in [3.8, 4) is 11.8 Å². The molecule has 2 rings (SSSR count). The third kappa shape index (κ3) is 3.14. The molecule has 0 atom stereocenters. The van der Waals surface area contributed by atoms with Crippen LogP contribution in [-0.4, -0.2) is 5.24 Å². The fourth-order valence-electron chi connectivity index (χ4n) is 1.68. The highest BCUT2D eigenvalue weighted by molar-refractivity contribution is 6.67. The van der Waals surface area contributed by atoms with Gasteiger partial charge in [-0.25, -0.2) is 4.39 Å². The van der Waals surface area contributed by atoms with E-state index in [1.54, 1.807) is 24.3 Å². The zero-order valence-corrected chi connectivity index (χ0v) is 11.0. The molecule has 2 aromatic carbocycles. The van der Waals surface area contributed by atoms with Crippen molar-refractivity contribution in [3.63, 3.8) is 0 Å². The van der Waals surface area contributed by atoms with Crippen molar-refractivity contribution in [1.29, 1.82) is 5.26 Å². The number of ether oxygens (including phenoxy) is 1. The molecule has 0 radical (unpaired) electrons. The average molecular weight is 290 g/mol. The highest BCUT2D eigenvalue weighted by Crippen LogP contribution is 2.20. The van der Waals surface area contributed by atoms with E-state index in [1.165, 1.54) is 12.1 Å². The summed E-state index contributed by atoms with van der Waals surface area (Å²) in [5.74, 6) is -0.612. The number of nitrogens with zero attached hydrogens (tertiary/aromatic N) is 1. The topological polar surface area (TPSA) is 50.1 Å². The Bertz CT molecular complexity index is 695. The molecule has 0 aliphatic heterocycles. The van der Waals surface area contributed by atoms with Gasteiger partial charge in [0.15, 0.2) is 11.6 Å². The molecular weight excluding hydrogens is 281 g/mol. The van der Waals surface area contributed by atoms with E-state index in [-0.39, 0.29) is 17.9 Å². The third-order valence-electron chi connectivity index (χ3n) is 2.67. The summed E-state index contributed by atoms with van der Waals surface area (Å²) in [6.45, 7) is 0.0114. The molecule has 5 heteroatoms. The lowest BCUT2D eigenvalue weighted by Crippen LogP contribution is -2.03. The minimum absolute atomic E-state index is 0.0114. The normalized spacial score (nSPS) is 9.85. The number of nitriles is 1. The third-order valence-corrected chi connectivity index (χ3v) is 2.88. The Morgan fingerprint density at radius 1 is 1.30 bits per heavy atom. The summed E-state index contributed by atoms with van der Waals surface area (Å²) in [6.07, 6.45) is 0. The fourth-order valence-corrected chi connectivity index (χ4v) is 1.87. The van der Waals surface area contributed by atoms with Crippen molar-refractivity contribution in [2.24, 2.45) is 0 Å². The van der Waals surface area contributed by atoms with Crippen LogP contribution in [0.25, 0.3) is 0 Å². The van der Waals surface area contributed by atoms with E-state index in [0.29, 0.717) is 11.1 Å². The first-order valence-corrected chi connectivity index (χ1v) is 6.10. The van der Waals surface area contributed by atoms with E-state index in [4.69, 9.17) is 21.6 Å². The second-order valence-corrected chi connectivity index (χ2v) is 4.32. The summed E-state index contributed by atoms with van der Waals surface area (Å²) < 4.78 is 18.9. The fraction of sp³-hybridized carbons (Fsp3) is 0.0667. The monoisotopic (exact) mass is 289 g/mol. The van der Waals surface area contributed by atoms with E-state index in [0.717, 1.165) is 6.07 Å². The molecule has 0 amide bonds. The molecule has 0 saturated carbocycles. The average Bonchev–Trinajstić information content (AvgIpc) is 2.46. The number of carbonyl (C=O) groups excluding carboxylic acids is 1. The molecular formula is C15H9ClFNO2. The quantitative estimate of drug-likeness (QED) is 0.807. The number of benzene rings is 2. The van der Waals surface area contributed by atoms with E-state index in [1.807, 2.05) is 6.07 Å². The second-order valence-electron chi connectivity index (χ2n) is 3.98. The van der Waals surface area contributed by atoms with Gasteiger partial charge in [-0.2, -0.15) is 5.26 Å². The number of hydrogen-bond acceptors (Lipinski definition) is 3. The van der Waals surface area contributed by atoms with Crippen LogP contribution in [0.4, 0.5) is 4.39 Å². The van der Waals surface area contributed by atoms with Crippen molar-refractivity contribution in [1.82, 2.24) is 0 Å². The first kappa shape index (κ1) is 14.0. The van der Waals surface area contributed by atoms with Crippen LogP contribution in [0.15, 0.2) is 42.5 Å². The van der Waals surface area contributed by atoms with Crippen LogP contribution in [0.2, 0.25) is 0 Å². The molecule has 0 fully saturated rings. The summed E-state index contributed by atoms with van der Waals surface area (Å²) >= 11 is 5.46. The molecule has 3 nitrogen and oxygen atoms in total. The summed E-state index contributed by atoms with van der Waals surface area (Å²) in [7, 11) is 0. The molecule has 0 N–H and O–H groups in total. The summed E-state index contributed by atoms with van der Waals surface area (Å²) in [4.78, 5) is 11.2. The first-order chi connectivity index (χ1) is 9.61. The van der Waals surface area contributed by atoms with Crippen molar-refractivity contribution in [2.75, 3.05) is 0 Å². The van der Waals surface area contributed by atoms with Gasteiger partial charge < -0.3 is 4.74 Å². The SMILES string of the molecule is N#Cc1ccc(OCc2ccccc2C(=O)Cl)c(F)c1. The molecule has 100 valence electrons. The van der Waals surface area contributed by atoms with Gasteiger partial charge in [0.05, 0.1) is 11.6 Å². The highest BCUT2D eigenvalue weighted by Gasteiger charge is 2.10. The van der Waals surface area contributed by atoms with Gasteiger partial charge in [0.25, 0.3) is 5.24 Å². The number of rotatable bonds is 4. The molecule has 2 aromatic rings. The van der Waals surface area contributed by atoms with E-state index in [9.17, 15) is 9.18 Å². The Morgan fingerprint density at radius 2 is 2.05 bits per heavy atom. The van der Waals surface area contributed by atoms with E-state index in [2.05, 4.69) is 0 Å². The maximum Gasteiger partial charge on any atom is 0.252 e. The Hall–Kier alpha value is -2.38. The summed E-state index contributed by atoms with van der Waals surface area (Å²) in [6, 6.07) is 12.4. The summed E-state index contributed by atoms with van der Waals surface area (Å²) in [5.41, 5.74) is 1.10. The Kier molecular flexibility index (Phi) is 4.34. The van der Waals surface area contributed by atoms with Gasteiger partial charge in [0.1, 0.15) is 6.61 Å². The predicted molar refractivity (Wildman–Crippen MR) is 72.1 cm³/mol. The lowest BCUT2D eigenvalue weighted by atomic mass is 10.1. The van der Waals surface area contributed by atoms with Crippen LogP contribution >= 0.6 is 11.6 Å². The largest absolute Gasteiger partial charge is 0.486 e. The van der Waals surface area contributed by atoms with Gasteiger partial charge in [-0.3, -0.25) is 4.79 Å². The predicted octanol–water partition coefficient (Wildman–Crippen LogP) is 3.66. The lowest BCUT2D eigenvalue weighted by molar-refractivity contribution is 0.107. The Balaban J connectivity index is 2.18. The van der Waals surface area contributed by atoms with Crippen molar-refractivity contribution in [3.05, 3.63) is 65.0 Å². The molecule has 0 heterocycles. The number of carbonyl (C=O) groups is 1. The maximum absolute atomic E-state index is 13.6. The molecule has 0 spiro atoms. The standard InChI is InChI=1S/C15H9ClFNO2/c16-15(19)12-4-2-1-3-11(12)9-20-14-6-5-10(8-18)7-13(14)17/h1-7H,9H2. The van der Waals surface area contributed by atoms with Gasteiger partial charge in [-0.05, 0) is 35.9 Å². The molecule has 0 unspecified atom stereocenters. The van der Waals surface area contributed by atoms with Gasteiger partial charge in [-0.15, -0.1) is 0 Å². The van der Waals surface area contributed by atoms with Gasteiger partial charge in [-0.1, -0.05) is 18.2 Å². The molecule has 20 heavy (non-hydrogen) atoms. The van der Waals surface area contributed by atoms with Crippen LogP contribution < -0.4 is 4.74 Å². The minimum Gasteiger partial charge on any atom is -0.486 e. The smallest absolute Gasteiger partial charge is 0.252 e. The number of hydrogen-bond donors (Lipinski definition) is 0. The summed E-state index contributed by atoms with van der Waals surface area (Å²) in [5, 5.41) is 8.06. The van der Waals surface area contributed by atoms with Crippen LogP contribution in [0, 0.1) is 17.1 Å². The van der Waals surface area contributed by atoms with Gasteiger partial charge in [0.2, 0.25) is 0 Å². The molecule has 0 saturated heterocycles. The van der Waals surface area contributed by atoms with Gasteiger partial charge >= 0.3 is 0 Å². The van der Waals surface area contributed by atoms with E-state index < -0.39 is 11.1 Å². The molecule has 0 aliphatic rings. The first-order valence-electron chi connectivity index (χ1n) is 5.72. The van der Waals surface area contributed by atoms with Crippen molar-refractivity contribution >= 4 is 16.8 Å². The van der Waals surface area contributed by atoms with Crippen LogP contribution in [0.5, 0.6) is 5.75 Å². The minimum atomic E-state index is -0.626. The van der Waals surface area contributed by atoms with Crippen LogP contribution in [0.3, 0.4) is 0 Å². The zero-order chi connectivity index (χ0) is 14.5. The van der Waals surface area contributed by atoms with Crippen molar-refractivity contribution < 1.29 is 13.9 Å². The Labute approximate surface area is 120 Å². The number of halogens is 2. The molecule has 0 aromatic heterocycles. The molecule has 0 aliphatic carbocycles. The lowest BCUT2D eigenvalue weighted by Gasteiger charge is -2.09. The maximum atomic E-state index is 13.6. The van der Waals surface area contributed by atoms with Crippen molar-refractivity contribution in [2.45, 2.75) is 6.61 Å².